The summed E-state index contributed by atoms with van der Waals surface area (Å²) in [4.78, 5) is 2.53. The third kappa shape index (κ3) is 4.30. The maximum Gasteiger partial charge on any atom is 0.0967 e. The van der Waals surface area contributed by atoms with Crippen LogP contribution in [0.2, 0.25) is 0 Å². The molecule has 114 valence electrons. The molecule has 0 radical (unpaired) electrons. The summed E-state index contributed by atoms with van der Waals surface area (Å²) < 4.78 is 1.98. The lowest BCUT2D eigenvalue weighted by Crippen LogP contribution is -2.35. The van der Waals surface area contributed by atoms with E-state index in [2.05, 4.69) is 49.1 Å². The van der Waals surface area contributed by atoms with E-state index in [1.807, 2.05) is 4.68 Å². The third-order valence-electron chi connectivity index (χ3n) is 4.60. The van der Waals surface area contributed by atoms with Crippen LogP contribution < -0.4 is 0 Å². The molecule has 2 rings (SSSR count). The molecule has 2 heterocycles. The SMILES string of the molecule is CCC(C)C1CCN(Cc2cn(CC(C)C)nn2)CC1. The van der Waals surface area contributed by atoms with Gasteiger partial charge < -0.3 is 0 Å². The molecule has 0 N–H and O–H groups in total. The molecule has 20 heavy (non-hydrogen) atoms. The number of hydrogen-bond donors (Lipinski definition) is 0. The molecule has 1 fully saturated rings. The van der Waals surface area contributed by atoms with Gasteiger partial charge in [0.25, 0.3) is 0 Å². The minimum Gasteiger partial charge on any atom is -0.297 e. The largest absolute Gasteiger partial charge is 0.297 e. The van der Waals surface area contributed by atoms with Crippen molar-refractivity contribution >= 4 is 0 Å². The molecule has 0 spiro atoms. The highest BCUT2D eigenvalue weighted by molar-refractivity contribution is 4.93. The highest BCUT2D eigenvalue weighted by Crippen LogP contribution is 2.27. The second-order valence-electron chi connectivity index (χ2n) is 6.82. The van der Waals surface area contributed by atoms with E-state index in [-0.39, 0.29) is 0 Å². The fourth-order valence-electron chi connectivity index (χ4n) is 3.12. The van der Waals surface area contributed by atoms with Crippen molar-refractivity contribution in [1.82, 2.24) is 19.9 Å². The Hall–Kier alpha value is -0.900. The van der Waals surface area contributed by atoms with Gasteiger partial charge in [-0.25, -0.2) is 0 Å². The summed E-state index contributed by atoms with van der Waals surface area (Å²) in [5, 5.41) is 8.52. The van der Waals surface area contributed by atoms with Crippen molar-refractivity contribution in [2.24, 2.45) is 17.8 Å². The van der Waals surface area contributed by atoms with Crippen LogP contribution in [0.4, 0.5) is 0 Å². The standard InChI is InChI=1S/C16H30N4/c1-5-14(4)15-6-8-19(9-7-15)11-16-12-20(18-17-16)10-13(2)3/h12-15H,5-11H2,1-4H3. The summed E-state index contributed by atoms with van der Waals surface area (Å²) >= 11 is 0. The summed E-state index contributed by atoms with van der Waals surface area (Å²) in [6.07, 6.45) is 6.11. The molecule has 4 heteroatoms. The van der Waals surface area contributed by atoms with Gasteiger partial charge in [0.15, 0.2) is 0 Å². The van der Waals surface area contributed by atoms with E-state index in [1.54, 1.807) is 0 Å². The van der Waals surface area contributed by atoms with Crippen LogP contribution in [0.25, 0.3) is 0 Å². The van der Waals surface area contributed by atoms with E-state index in [0.29, 0.717) is 5.92 Å². The van der Waals surface area contributed by atoms with E-state index >= 15 is 0 Å². The van der Waals surface area contributed by atoms with Crippen LogP contribution in [0, 0.1) is 17.8 Å². The number of likely N-dealkylation sites (tertiary alicyclic amines) is 1. The lowest BCUT2D eigenvalue weighted by atomic mass is 9.84. The van der Waals surface area contributed by atoms with Crippen molar-refractivity contribution < 1.29 is 0 Å². The quantitative estimate of drug-likeness (QED) is 0.801. The summed E-state index contributed by atoms with van der Waals surface area (Å²) in [5.74, 6) is 2.42. The summed E-state index contributed by atoms with van der Waals surface area (Å²) in [6.45, 7) is 13.5. The molecular formula is C16H30N4. The molecule has 1 aliphatic heterocycles. The zero-order valence-corrected chi connectivity index (χ0v) is 13.5. The average molecular weight is 278 g/mol. The maximum atomic E-state index is 4.30. The van der Waals surface area contributed by atoms with Crippen LogP contribution in [0.15, 0.2) is 6.20 Å². The molecule has 1 saturated heterocycles. The zero-order chi connectivity index (χ0) is 14.5. The fraction of sp³-hybridized carbons (Fsp3) is 0.875. The van der Waals surface area contributed by atoms with Gasteiger partial charge in [0.1, 0.15) is 0 Å². The number of aromatic nitrogens is 3. The Morgan fingerprint density at radius 1 is 1.25 bits per heavy atom. The Kier molecular flexibility index (Phi) is 5.58. The van der Waals surface area contributed by atoms with Gasteiger partial charge in [-0.1, -0.05) is 39.3 Å². The molecule has 0 aromatic carbocycles. The number of piperidine rings is 1. The zero-order valence-electron chi connectivity index (χ0n) is 13.5. The van der Waals surface area contributed by atoms with Gasteiger partial charge >= 0.3 is 0 Å². The van der Waals surface area contributed by atoms with Gasteiger partial charge in [0, 0.05) is 19.3 Å². The predicted molar refractivity (Wildman–Crippen MR) is 82.3 cm³/mol. The molecule has 4 nitrogen and oxygen atoms in total. The Morgan fingerprint density at radius 2 is 1.95 bits per heavy atom. The van der Waals surface area contributed by atoms with Gasteiger partial charge in [-0.2, -0.15) is 0 Å². The number of rotatable bonds is 6. The first-order chi connectivity index (χ1) is 9.58. The van der Waals surface area contributed by atoms with Crippen LogP contribution >= 0.6 is 0 Å². The van der Waals surface area contributed by atoms with E-state index in [4.69, 9.17) is 0 Å². The maximum absolute atomic E-state index is 4.30. The molecule has 1 aromatic rings. The highest BCUT2D eigenvalue weighted by atomic mass is 15.4. The summed E-state index contributed by atoms with van der Waals surface area (Å²) in [5.41, 5.74) is 1.12. The van der Waals surface area contributed by atoms with Crippen molar-refractivity contribution in [3.63, 3.8) is 0 Å². The first-order valence-electron chi connectivity index (χ1n) is 8.19. The Bertz CT molecular complexity index is 391. The third-order valence-corrected chi connectivity index (χ3v) is 4.60. The lowest BCUT2D eigenvalue weighted by Gasteiger charge is -2.34. The van der Waals surface area contributed by atoms with Gasteiger partial charge in [-0.05, 0) is 43.7 Å². The van der Waals surface area contributed by atoms with Crippen LogP contribution in [-0.2, 0) is 13.1 Å². The Balaban J connectivity index is 1.79. The summed E-state index contributed by atoms with van der Waals surface area (Å²) in [6, 6.07) is 0. The van der Waals surface area contributed by atoms with Gasteiger partial charge in [-0.3, -0.25) is 9.58 Å². The number of hydrogen-bond acceptors (Lipinski definition) is 3. The van der Waals surface area contributed by atoms with E-state index < -0.39 is 0 Å². The van der Waals surface area contributed by atoms with Gasteiger partial charge in [0.2, 0.25) is 0 Å². The van der Waals surface area contributed by atoms with Crippen LogP contribution in [0.3, 0.4) is 0 Å². The normalized spacial score (nSPS) is 19.6. The van der Waals surface area contributed by atoms with Crippen molar-refractivity contribution in [3.05, 3.63) is 11.9 Å². The van der Waals surface area contributed by atoms with Crippen LogP contribution in [-0.4, -0.2) is 33.0 Å². The van der Waals surface area contributed by atoms with Gasteiger partial charge in [0.05, 0.1) is 5.69 Å². The molecule has 0 amide bonds. The van der Waals surface area contributed by atoms with Crippen molar-refractivity contribution in [3.8, 4) is 0 Å². The smallest absolute Gasteiger partial charge is 0.0967 e. The molecule has 0 aliphatic carbocycles. The summed E-state index contributed by atoms with van der Waals surface area (Å²) in [7, 11) is 0. The molecule has 1 atom stereocenters. The van der Waals surface area contributed by atoms with E-state index in [0.717, 1.165) is 30.6 Å². The van der Waals surface area contributed by atoms with Crippen molar-refractivity contribution in [2.45, 2.75) is 60.0 Å². The molecule has 1 aliphatic rings. The lowest BCUT2D eigenvalue weighted by molar-refractivity contribution is 0.144. The molecular weight excluding hydrogens is 248 g/mol. The monoisotopic (exact) mass is 278 g/mol. The fourth-order valence-corrected chi connectivity index (χ4v) is 3.12. The van der Waals surface area contributed by atoms with E-state index in [9.17, 15) is 0 Å². The molecule has 1 unspecified atom stereocenters. The van der Waals surface area contributed by atoms with Crippen molar-refractivity contribution in [2.75, 3.05) is 13.1 Å². The topological polar surface area (TPSA) is 34.0 Å². The molecule has 0 saturated carbocycles. The first-order valence-corrected chi connectivity index (χ1v) is 8.19. The van der Waals surface area contributed by atoms with E-state index in [1.165, 1.54) is 32.4 Å². The Morgan fingerprint density at radius 3 is 2.55 bits per heavy atom. The Labute approximate surface area is 123 Å². The van der Waals surface area contributed by atoms with Gasteiger partial charge in [-0.15, -0.1) is 5.10 Å². The predicted octanol–water partition coefficient (Wildman–Crippen LogP) is 3.19. The molecule has 0 bridgehead atoms. The highest BCUT2D eigenvalue weighted by Gasteiger charge is 2.23. The molecule has 1 aromatic heterocycles. The van der Waals surface area contributed by atoms with Crippen LogP contribution in [0.5, 0.6) is 0 Å². The van der Waals surface area contributed by atoms with Crippen LogP contribution in [0.1, 0.15) is 52.7 Å². The second kappa shape index (κ2) is 7.21. The first kappa shape index (κ1) is 15.5. The minimum absolute atomic E-state index is 0.621. The average Bonchev–Trinajstić information content (AvgIpc) is 2.85. The van der Waals surface area contributed by atoms with Crippen molar-refractivity contribution in [1.29, 1.82) is 0 Å². The minimum atomic E-state index is 0.621. The number of nitrogens with zero attached hydrogens (tertiary/aromatic N) is 4. The second-order valence-corrected chi connectivity index (χ2v) is 6.82.